The van der Waals surface area contributed by atoms with Crippen molar-refractivity contribution in [2.24, 2.45) is 10.9 Å². The average Bonchev–Trinajstić information content (AvgIpc) is 3.11. The number of carbonyl (C=O) groups is 1. The van der Waals surface area contributed by atoms with E-state index in [2.05, 4.69) is 20.2 Å². The highest BCUT2D eigenvalue weighted by molar-refractivity contribution is 7.09. The van der Waals surface area contributed by atoms with E-state index in [9.17, 15) is 18.0 Å². The van der Waals surface area contributed by atoms with Gasteiger partial charge in [-0.15, -0.1) is 11.3 Å². The number of rotatable bonds is 6. The van der Waals surface area contributed by atoms with Crippen molar-refractivity contribution >= 4 is 23.3 Å². The molecule has 0 saturated carbocycles. The smallest absolute Gasteiger partial charge is 0.434 e. The van der Waals surface area contributed by atoms with Crippen LogP contribution in [0.15, 0.2) is 10.4 Å². The molecule has 10 heteroatoms. The van der Waals surface area contributed by atoms with Gasteiger partial charge >= 0.3 is 12.1 Å². The predicted octanol–water partition coefficient (Wildman–Crippen LogP) is 2.95. The van der Waals surface area contributed by atoms with Gasteiger partial charge in [-0.25, -0.2) is 4.98 Å². The number of thiazole rings is 1. The molecule has 1 aliphatic rings. The monoisotopic (exact) mass is 406 g/mol. The van der Waals surface area contributed by atoms with Crippen LogP contribution < -0.4 is 5.32 Å². The van der Waals surface area contributed by atoms with Crippen molar-refractivity contribution in [2.75, 3.05) is 32.8 Å². The highest BCUT2D eigenvalue weighted by atomic mass is 32.1. The van der Waals surface area contributed by atoms with E-state index >= 15 is 0 Å². The van der Waals surface area contributed by atoms with Crippen LogP contribution in [0.25, 0.3) is 0 Å². The third kappa shape index (κ3) is 6.37. The van der Waals surface area contributed by atoms with E-state index in [1.165, 1.54) is 0 Å². The third-order valence-corrected chi connectivity index (χ3v) is 5.09. The number of alkyl halides is 3. The Balaban J connectivity index is 1.89. The van der Waals surface area contributed by atoms with Crippen LogP contribution in [-0.2, 0) is 22.1 Å². The summed E-state index contributed by atoms with van der Waals surface area (Å²) >= 11 is 0.999. The molecular weight excluding hydrogens is 381 g/mol. The summed E-state index contributed by atoms with van der Waals surface area (Å²) in [4.78, 5) is 22.0. The Morgan fingerprint density at radius 1 is 1.41 bits per heavy atom. The van der Waals surface area contributed by atoms with E-state index < -0.39 is 11.9 Å². The molecule has 2 heterocycles. The Bertz CT molecular complexity index is 640. The zero-order valence-electron chi connectivity index (χ0n) is 15.5. The first-order valence-corrected chi connectivity index (χ1v) is 9.94. The molecule has 0 bridgehead atoms. The fourth-order valence-electron chi connectivity index (χ4n) is 2.83. The van der Waals surface area contributed by atoms with Crippen molar-refractivity contribution in [3.8, 4) is 0 Å². The van der Waals surface area contributed by atoms with E-state index in [-0.39, 0.29) is 11.9 Å². The summed E-state index contributed by atoms with van der Waals surface area (Å²) in [5.41, 5.74) is -0.848. The fourth-order valence-corrected chi connectivity index (χ4v) is 3.62. The second-order valence-corrected chi connectivity index (χ2v) is 7.07. The van der Waals surface area contributed by atoms with Gasteiger partial charge in [0, 0.05) is 38.0 Å². The fraction of sp³-hybridized carbons (Fsp3) is 0.706. The summed E-state index contributed by atoms with van der Waals surface area (Å²) in [5, 5.41) is 4.65. The summed E-state index contributed by atoms with van der Waals surface area (Å²) in [5.74, 6) is 0.482. The van der Waals surface area contributed by atoms with Gasteiger partial charge in [-0.3, -0.25) is 9.79 Å². The number of carbonyl (C=O) groups excluding carboxylic acids is 1. The second-order valence-electron chi connectivity index (χ2n) is 6.12. The molecule has 0 radical (unpaired) electrons. The van der Waals surface area contributed by atoms with E-state index in [0.29, 0.717) is 63.0 Å². The lowest BCUT2D eigenvalue weighted by Gasteiger charge is -2.33. The Hall–Kier alpha value is -1.84. The molecule has 1 aliphatic heterocycles. The lowest BCUT2D eigenvalue weighted by Crippen LogP contribution is -2.46. The molecule has 27 heavy (non-hydrogen) atoms. The number of aromatic nitrogens is 1. The van der Waals surface area contributed by atoms with Gasteiger partial charge in [0.1, 0.15) is 0 Å². The molecule has 0 atom stereocenters. The maximum absolute atomic E-state index is 12.6. The van der Waals surface area contributed by atoms with Crippen LogP contribution in [0.1, 0.15) is 37.4 Å². The molecule has 2 rings (SSSR count). The van der Waals surface area contributed by atoms with Crippen LogP contribution >= 0.6 is 11.3 Å². The van der Waals surface area contributed by atoms with Crippen LogP contribution in [0.4, 0.5) is 13.2 Å². The number of hydrogen-bond donors (Lipinski definition) is 1. The molecule has 0 unspecified atom stereocenters. The zero-order chi connectivity index (χ0) is 19.9. The topological polar surface area (TPSA) is 66.8 Å². The van der Waals surface area contributed by atoms with Crippen molar-refractivity contribution < 1.29 is 22.7 Å². The van der Waals surface area contributed by atoms with E-state index in [0.717, 1.165) is 16.7 Å². The Morgan fingerprint density at radius 3 is 2.67 bits per heavy atom. The van der Waals surface area contributed by atoms with Gasteiger partial charge in [0.05, 0.1) is 17.5 Å². The molecule has 0 amide bonds. The largest absolute Gasteiger partial charge is 0.466 e. The Labute approximate surface area is 160 Å². The standard InChI is InChI=1S/C17H25F3N4O2S/c1-3-21-16(24-9-6-12(7-10-24)15(25)26-4-2)22-8-5-14-23-13(11-27-14)17(18,19)20/h11-12H,3-10H2,1-2H3,(H,21,22). The number of nitrogens with zero attached hydrogens (tertiary/aromatic N) is 3. The van der Waals surface area contributed by atoms with Crippen molar-refractivity contribution in [1.29, 1.82) is 0 Å². The number of hydrogen-bond acceptors (Lipinski definition) is 5. The van der Waals surface area contributed by atoms with Gasteiger partial charge in [-0.1, -0.05) is 0 Å². The van der Waals surface area contributed by atoms with Gasteiger partial charge in [0.25, 0.3) is 0 Å². The van der Waals surface area contributed by atoms with E-state index in [1.807, 2.05) is 6.92 Å². The maximum Gasteiger partial charge on any atom is 0.434 e. The third-order valence-electron chi connectivity index (χ3n) is 4.18. The molecule has 1 aromatic heterocycles. The molecule has 0 aliphatic carbocycles. The molecule has 0 spiro atoms. The molecule has 1 N–H and O–H groups in total. The molecule has 6 nitrogen and oxygen atoms in total. The number of piperidine rings is 1. The van der Waals surface area contributed by atoms with Gasteiger partial charge in [-0.05, 0) is 26.7 Å². The highest BCUT2D eigenvalue weighted by Gasteiger charge is 2.33. The number of nitrogens with one attached hydrogen (secondary N) is 1. The first-order valence-electron chi connectivity index (χ1n) is 9.06. The van der Waals surface area contributed by atoms with Crippen LogP contribution in [-0.4, -0.2) is 54.6 Å². The van der Waals surface area contributed by atoms with Gasteiger partial charge in [-0.2, -0.15) is 13.2 Å². The van der Waals surface area contributed by atoms with Crippen LogP contribution in [0.2, 0.25) is 0 Å². The first kappa shape index (κ1) is 21.5. The van der Waals surface area contributed by atoms with E-state index in [1.54, 1.807) is 6.92 Å². The van der Waals surface area contributed by atoms with Crippen LogP contribution in [0.5, 0.6) is 0 Å². The maximum atomic E-state index is 12.6. The zero-order valence-corrected chi connectivity index (χ0v) is 16.3. The van der Waals surface area contributed by atoms with Gasteiger partial charge in [0.15, 0.2) is 11.7 Å². The molecule has 152 valence electrons. The first-order chi connectivity index (χ1) is 12.8. The van der Waals surface area contributed by atoms with Crippen LogP contribution in [0, 0.1) is 5.92 Å². The number of guanidine groups is 1. The quantitative estimate of drug-likeness (QED) is 0.447. The van der Waals surface area contributed by atoms with Crippen molar-refractivity contribution in [3.05, 3.63) is 16.1 Å². The summed E-state index contributed by atoms with van der Waals surface area (Å²) < 4.78 is 42.9. The summed E-state index contributed by atoms with van der Waals surface area (Å²) in [6, 6.07) is 0. The lowest BCUT2D eigenvalue weighted by molar-refractivity contribution is -0.149. The second kappa shape index (κ2) is 9.91. The minimum Gasteiger partial charge on any atom is -0.466 e. The minimum atomic E-state index is -4.41. The van der Waals surface area contributed by atoms with Crippen LogP contribution in [0.3, 0.4) is 0 Å². The molecule has 1 aromatic rings. The van der Waals surface area contributed by atoms with Crippen molar-refractivity contribution in [3.63, 3.8) is 0 Å². The lowest BCUT2D eigenvalue weighted by atomic mass is 9.97. The summed E-state index contributed by atoms with van der Waals surface area (Å²) in [6.07, 6.45) is -2.65. The Morgan fingerprint density at radius 2 is 2.11 bits per heavy atom. The molecule has 1 saturated heterocycles. The SMILES string of the molecule is CCNC(=NCCc1nc(C(F)(F)F)cs1)N1CCC(C(=O)OCC)CC1. The average molecular weight is 406 g/mol. The number of aliphatic imine (C=N–C) groups is 1. The number of ether oxygens (including phenoxy) is 1. The normalized spacial score (nSPS) is 16.5. The van der Waals surface area contributed by atoms with Gasteiger partial charge < -0.3 is 15.0 Å². The predicted molar refractivity (Wildman–Crippen MR) is 97.7 cm³/mol. The van der Waals surface area contributed by atoms with Crippen molar-refractivity contribution in [1.82, 2.24) is 15.2 Å². The van der Waals surface area contributed by atoms with E-state index in [4.69, 9.17) is 4.74 Å². The van der Waals surface area contributed by atoms with Gasteiger partial charge in [0.2, 0.25) is 0 Å². The molecule has 1 fully saturated rings. The summed E-state index contributed by atoms with van der Waals surface area (Å²) in [6.45, 7) is 6.54. The highest BCUT2D eigenvalue weighted by Crippen LogP contribution is 2.30. The number of likely N-dealkylation sites (tertiary alicyclic amines) is 1. The Kier molecular flexibility index (Phi) is 7.88. The molecular formula is C17H25F3N4O2S. The minimum absolute atomic E-state index is 0.0832. The summed E-state index contributed by atoms with van der Waals surface area (Å²) in [7, 11) is 0. The van der Waals surface area contributed by atoms with Crippen molar-refractivity contribution in [2.45, 2.75) is 39.3 Å². The molecule has 0 aromatic carbocycles. The number of esters is 1. The number of halogens is 3.